The lowest BCUT2D eigenvalue weighted by molar-refractivity contribution is 0.108. The normalized spacial score (nSPS) is 22.1. The first-order valence-electron chi connectivity index (χ1n) is 7.43. The van der Waals surface area contributed by atoms with Gasteiger partial charge in [0, 0.05) is 6.54 Å². The molecule has 118 valence electrons. The molecule has 1 fully saturated rings. The largest absolute Gasteiger partial charge is 0.493 e. The van der Waals surface area contributed by atoms with Crippen LogP contribution in [0.4, 0.5) is 0 Å². The summed E-state index contributed by atoms with van der Waals surface area (Å²) in [5, 5.41) is 13.0. The minimum absolute atomic E-state index is 0.0805. The molecule has 2 rings (SSSR count). The summed E-state index contributed by atoms with van der Waals surface area (Å²) in [7, 11) is 3.28. The smallest absolute Gasteiger partial charge is 0.174 e. The number of rotatable bonds is 6. The Bertz CT molecular complexity index is 459. The van der Waals surface area contributed by atoms with Crippen molar-refractivity contribution in [3.8, 4) is 11.5 Å². The highest BCUT2D eigenvalue weighted by Crippen LogP contribution is 2.36. The van der Waals surface area contributed by atoms with Gasteiger partial charge < -0.3 is 19.9 Å². The van der Waals surface area contributed by atoms with E-state index in [4.69, 9.17) is 9.47 Å². The summed E-state index contributed by atoms with van der Waals surface area (Å²) in [6, 6.07) is 4.06. The predicted octanol–water partition coefficient (Wildman–Crippen LogP) is 3.11. The number of hydrogen-bond acceptors (Lipinski definition) is 4. The van der Waals surface area contributed by atoms with Gasteiger partial charge in [0.1, 0.15) is 0 Å². The molecular weight excluding hydrogens is 334 g/mol. The van der Waals surface area contributed by atoms with Gasteiger partial charge in [0.05, 0.1) is 24.8 Å². The van der Waals surface area contributed by atoms with E-state index in [-0.39, 0.29) is 6.10 Å². The molecule has 0 aromatic heterocycles. The maximum atomic E-state index is 9.52. The molecule has 0 spiro atoms. The van der Waals surface area contributed by atoms with Gasteiger partial charge in [0.2, 0.25) is 0 Å². The summed E-state index contributed by atoms with van der Waals surface area (Å²) < 4.78 is 11.6. The second-order valence-corrected chi connectivity index (χ2v) is 6.47. The third-order valence-electron chi connectivity index (χ3n) is 4.07. The first-order chi connectivity index (χ1) is 10.1. The van der Waals surface area contributed by atoms with Crippen molar-refractivity contribution in [1.29, 1.82) is 0 Å². The first kappa shape index (κ1) is 16.6. The number of methoxy groups -OCH3 is 2. The van der Waals surface area contributed by atoms with Crippen molar-refractivity contribution in [3.63, 3.8) is 0 Å². The SMILES string of the molecule is COc1cc(CNCC2CCC(O)CC2)cc(Br)c1OC. The van der Waals surface area contributed by atoms with Gasteiger partial charge in [0.15, 0.2) is 11.5 Å². The van der Waals surface area contributed by atoms with Crippen molar-refractivity contribution in [1.82, 2.24) is 5.32 Å². The van der Waals surface area contributed by atoms with Gasteiger partial charge in [-0.15, -0.1) is 0 Å². The molecule has 5 heteroatoms. The van der Waals surface area contributed by atoms with Crippen LogP contribution in [0.25, 0.3) is 0 Å². The van der Waals surface area contributed by atoms with Crippen molar-refractivity contribution in [2.75, 3.05) is 20.8 Å². The van der Waals surface area contributed by atoms with Crippen LogP contribution in [0, 0.1) is 5.92 Å². The lowest BCUT2D eigenvalue weighted by Gasteiger charge is -2.25. The molecule has 0 bridgehead atoms. The average molecular weight is 358 g/mol. The zero-order valence-corrected chi connectivity index (χ0v) is 14.3. The Balaban J connectivity index is 1.87. The van der Waals surface area contributed by atoms with Crippen LogP contribution in [0.1, 0.15) is 31.2 Å². The molecule has 0 amide bonds. The molecule has 1 aromatic rings. The molecule has 0 aliphatic heterocycles. The molecule has 21 heavy (non-hydrogen) atoms. The molecule has 0 unspecified atom stereocenters. The fourth-order valence-electron chi connectivity index (χ4n) is 2.84. The number of ether oxygens (including phenoxy) is 2. The fourth-order valence-corrected chi connectivity index (χ4v) is 3.49. The monoisotopic (exact) mass is 357 g/mol. The van der Waals surface area contributed by atoms with E-state index in [1.165, 1.54) is 0 Å². The second-order valence-electron chi connectivity index (χ2n) is 5.62. The Morgan fingerprint density at radius 2 is 1.90 bits per heavy atom. The third kappa shape index (κ3) is 4.59. The van der Waals surface area contributed by atoms with Crippen LogP contribution >= 0.6 is 15.9 Å². The quantitative estimate of drug-likeness (QED) is 0.821. The Kier molecular flexibility index (Phi) is 6.33. The topological polar surface area (TPSA) is 50.7 Å². The third-order valence-corrected chi connectivity index (χ3v) is 4.66. The lowest BCUT2D eigenvalue weighted by atomic mass is 9.87. The van der Waals surface area contributed by atoms with E-state index in [1.54, 1.807) is 14.2 Å². The maximum absolute atomic E-state index is 9.52. The molecule has 0 heterocycles. The second kappa shape index (κ2) is 8.01. The van der Waals surface area contributed by atoms with Crippen LogP contribution in [0.3, 0.4) is 0 Å². The molecule has 4 nitrogen and oxygen atoms in total. The molecule has 0 radical (unpaired) electrons. The molecule has 2 N–H and O–H groups in total. The zero-order valence-electron chi connectivity index (χ0n) is 12.7. The lowest BCUT2D eigenvalue weighted by Crippen LogP contribution is -2.27. The highest BCUT2D eigenvalue weighted by molar-refractivity contribution is 9.10. The van der Waals surface area contributed by atoms with Crippen LogP contribution in [-0.4, -0.2) is 32.0 Å². The highest BCUT2D eigenvalue weighted by atomic mass is 79.9. The van der Waals surface area contributed by atoms with Crippen LogP contribution in [-0.2, 0) is 6.54 Å². The Hall–Kier alpha value is -0.780. The Morgan fingerprint density at radius 1 is 1.19 bits per heavy atom. The summed E-state index contributed by atoms with van der Waals surface area (Å²) >= 11 is 3.51. The van der Waals surface area contributed by atoms with E-state index in [0.717, 1.165) is 60.3 Å². The number of aliphatic hydroxyl groups excluding tert-OH is 1. The number of nitrogens with one attached hydrogen (secondary N) is 1. The van der Waals surface area contributed by atoms with E-state index < -0.39 is 0 Å². The Morgan fingerprint density at radius 3 is 2.52 bits per heavy atom. The van der Waals surface area contributed by atoms with Crippen LogP contribution in [0.15, 0.2) is 16.6 Å². The molecule has 1 aromatic carbocycles. The fraction of sp³-hybridized carbons (Fsp3) is 0.625. The van der Waals surface area contributed by atoms with E-state index in [2.05, 4.69) is 27.3 Å². The van der Waals surface area contributed by atoms with Gasteiger partial charge in [-0.25, -0.2) is 0 Å². The van der Waals surface area contributed by atoms with Gasteiger partial charge in [-0.2, -0.15) is 0 Å². The van der Waals surface area contributed by atoms with Gasteiger partial charge in [-0.3, -0.25) is 0 Å². The number of hydrogen-bond donors (Lipinski definition) is 2. The van der Waals surface area contributed by atoms with Crippen molar-refractivity contribution >= 4 is 15.9 Å². The molecular formula is C16H24BrNO3. The zero-order chi connectivity index (χ0) is 15.2. The Labute approximate surface area is 135 Å². The summed E-state index contributed by atoms with van der Waals surface area (Å²) in [6.45, 7) is 1.80. The molecule has 0 saturated heterocycles. The predicted molar refractivity (Wildman–Crippen MR) is 86.9 cm³/mol. The van der Waals surface area contributed by atoms with E-state index in [1.807, 2.05) is 6.07 Å². The summed E-state index contributed by atoms with van der Waals surface area (Å²) in [4.78, 5) is 0. The standard InChI is InChI=1S/C16H24BrNO3/c1-20-15-8-12(7-14(17)16(15)21-2)10-18-9-11-3-5-13(19)6-4-11/h7-8,11,13,18-19H,3-6,9-10H2,1-2H3. The van der Waals surface area contributed by atoms with Crippen molar-refractivity contribution in [3.05, 3.63) is 22.2 Å². The average Bonchev–Trinajstić information content (AvgIpc) is 2.48. The van der Waals surface area contributed by atoms with Gasteiger partial charge in [-0.05, 0) is 71.8 Å². The minimum Gasteiger partial charge on any atom is -0.493 e. The van der Waals surface area contributed by atoms with Crippen LogP contribution in [0.5, 0.6) is 11.5 Å². The summed E-state index contributed by atoms with van der Waals surface area (Å²) in [5.74, 6) is 2.14. The first-order valence-corrected chi connectivity index (χ1v) is 8.22. The van der Waals surface area contributed by atoms with Crippen molar-refractivity contribution in [2.45, 2.75) is 38.3 Å². The highest BCUT2D eigenvalue weighted by Gasteiger charge is 2.19. The molecule has 0 atom stereocenters. The van der Waals surface area contributed by atoms with Crippen molar-refractivity contribution < 1.29 is 14.6 Å². The van der Waals surface area contributed by atoms with Gasteiger partial charge in [-0.1, -0.05) is 0 Å². The van der Waals surface area contributed by atoms with E-state index in [9.17, 15) is 5.11 Å². The molecule has 1 aliphatic carbocycles. The van der Waals surface area contributed by atoms with Crippen LogP contribution in [0.2, 0.25) is 0 Å². The number of aliphatic hydroxyl groups is 1. The van der Waals surface area contributed by atoms with Gasteiger partial charge >= 0.3 is 0 Å². The maximum Gasteiger partial charge on any atom is 0.174 e. The van der Waals surface area contributed by atoms with Crippen molar-refractivity contribution in [2.24, 2.45) is 5.92 Å². The molecule has 1 aliphatic rings. The van der Waals surface area contributed by atoms with E-state index >= 15 is 0 Å². The molecule has 1 saturated carbocycles. The summed E-state index contributed by atoms with van der Waals surface area (Å²) in [6.07, 6.45) is 4.03. The van der Waals surface area contributed by atoms with Crippen LogP contribution < -0.4 is 14.8 Å². The van der Waals surface area contributed by atoms with Gasteiger partial charge in [0.25, 0.3) is 0 Å². The van der Waals surface area contributed by atoms with E-state index in [0.29, 0.717) is 5.92 Å². The number of halogens is 1. The number of benzene rings is 1. The summed E-state index contributed by atoms with van der Waals surface area (Å²) in [5.41, 5.74) is 1.16. The minimum atomic E-state index is -0.0805.